The molecule has 2 spiro atoms. The van der Waals surface area contributed by atoms with E-state index >= 15 is 0 Å². The second-order valence-electron chi connectivity index (χ2n) is 17.6. The second-order valence-corrected chi connectivity index (χ2v) is 20.5. The molecule has 2 bridgehead atoms. The summed E-state index contributed by atoms with van der Waals surface area (Å²) in [5, 5.41) is 13.4. The summed E-state index contributed by atoms with van der Waals surface area (Å²) in [5.41, 5.74) is 3.21. The number of likely N-dealkylation sites (tertiary alicyclic amines) is 1. The number of benzene rings is 2. The van der Waals surface area contributed by atoms with Crippen LogP contribution in [0.4, 0.5) is 5.69 Å². The fraction of sp³-hybridized carbons (Fsp3) is 0.667. The van der Waals surface area contributed by atoms with Gasteiger partial charge in [0, 0.05) is 47.5 Å². The van der Waals surface area contributed by atoms with Gasteiger partial charge in [-0.1, -0.05) is 31.0 Å². The number of hydrogen-bond acceptors (Lipinski definition) is 7. The van der Waals surface area contributed by atoms with Crippen LogP contribution in [0.15, 0.2) is 36.4 Å². The van der Waals surface area contributed by atoms with Gasteiger partial charge >= 0.3 is 0 Å². The van der Waals surface area contributed by atoms with E-state index in [2.05, 4.69) is 39.4 Å². The summed E-state index contributed by atoms with van der Waals surface area (Å²) < 4.78 is 29.4. The number of carbonyl (C=O) groups is 1. The molecule has 1 saturated carbocycles. The monoisotopic (exact) mass is 751 g/mol. The molecule has 7 atom stereocenters. The van der Waals surface area contributed by atoms with Crippen molar-refractivity contribution in [3.63, 3.8) is 0 Å². The number of aryl methyl sites for hydroxylation is 1. The summed E-state index contributed by atoms with van der Waals surface area (Å²) >= 11 is 6.51. The molecule has 6 aliphatic rings. The number of nitrogens with one attached hydrogen (secondary N) is 1. The highest BCUT2D eigenvalue weighted by Crippen LogP contribution is 2.50. The van der Waals surface area contributed by atoms with E-state index in [1.807, 2.05) is 25.1 Å². The Hall–Kier alpha value is -2.30. The fourth-order valence-electron chi connectivity index (χ4n) is 10.7. The van der Waals surface area contributed by atoms with E-state index in [-0.39, 0.29) is 28.4 Å². The first kappa shape index (κ1) is 36.7. The number of piperidine rings is 1. The van der Waals surface area contributed by atoms with Crippen molar-refractivity contribution in [1.82, 2.24) is 9.62 Å². The molecule has 3 fully saturated rings. The smallest absolute Gasteiger partial charge is 0.262 e. The predicted molar refractivity (Wildman–Crippen MR) is 210 cm³/mol. The van der Waals surface area contributed by atoms with Crippen molar-refractivity contribution in [1.29, 1.82) is 0 Å². The van der Waals surface area contributed by atoms with Crippen LogP contribution in [0.25, 0.3) is 0 Å². The zero-order valence-corrected chi connectivity index (χ0v) is 32.7. The third-order valence-corrected chi connectivity index (χ3v) is 16.8. The predicted octanol–water partition coefficient (Wildman–Crippen LogP) is 6.64. The Morgan fingerprint density at radius 2 is 1.85 bits per heavy atom. The standard InChI is InChI=1S/C42H58ClN3O5S/c1-29-6-4-15-42(48,26-45-19-16-40(17-20-45)18-21-50-27-40)36-11-8-33(36)24-46-25-41(14-5-7-31-22-34(43)10-12-35(31)41)28-51-38-13-9-32(23-37(38)46)39(47)44-52(3,49)30(29)2/h9-10,12-13,22-23,29-30,33,36,48H,3-8,11,14-21,24-28H2,1-2H3,(H,44,47,49)/t29-,30+,33-,36+,41-,42-,52?/m0/s1. The highest BCUT2D eigenvalue weighted by atomic mass is 35.5. The molecule has 2 aromatic carbocycles. The molecule has 0 radical (unpaired) electrons. The highest BCUT2D eigenvalue weighted by molar-refractivity contribution is 7.99. The van der Waals surface area contributed by atoms with Gasteiger partial charge in [-0.05, 0) is 155 Å². The largest absolute Gasteiger partial charge is 0.490 e. The number of hydrogen-bond donors (Lipinski definition) is 2. The molecule has 8 rings (SSSR count). The molecule has 52 heavy (non-hydrogen) atoms. The SMILES string of the molecule is C=S1(=O)NC(=O)c2ccc3c(c2)N(C[C@@H]2CC[C@H]2[C@@](O)(CN2CCC4(CCOC4)CC2)CCC[C@H](C)[C@H]1C)C[C@@]1(CCCc2cc(Cl)ccc21)CO3. The number of aliphatic hydroxyl groups is 1. The van der Waals surface area contributed by atoms with Gasteiger partial charge in [0.05, 0.1) is 34.2 Å². The van der Waals surface area contributed by atoms with Crippen molar-refractivity contribution in [3.8, 4) is 5.75 Å². The first-order valence-electron chi connectivity index (χ1n) is 19.9. The van der Waals surface area contributed by atoms with E-state index < -0.39 is 15.3 Å². The Labute approximate surface area is 316 Å². The lowest BCUT2D eigenvalue weighted by Gasteiger charge is -2.52. The van der Waals surface area contributed by atoms with Crippen LogP contribution < -0.4 is 14.4 Å². The Morgan fingerprint density at radius 1 is 1.02 bits per heavy atom. The average molecular weight is 752 g/mol. The van der Waals surface area contributed by atoms with Gasteiger partial charge in [0.15, 0.2) is 0 Å². The summed E-state index contributed by atoms with van der Waals surface area (Å²) in [5.74, 6) is 5.01. The zero-order chi connectivity index (χ0) is 36.3. The van der Waals surface area contributed by atoms with Gasteiger partial charge < -0.3 is 24.4 Å². The van der Waals surface area contributed by atoms with Crippen molar-refractivity contribution >= 4 is 38.8 Å². The highest BCUT2D eigenvalue weighted by Gasteiger charge is 2.50. The maximum atomic E-state index is 14.0. The average Bonchev–Trinajstić information content (AvgIpc) is 3.50. The Morgan fingerprint density at radius 3 is 2.60 bits per heavy atom. The van der Waals surface area contributed by atoms with Crippen molar-refractivity contribution in [2.24, 2.45) is 23.2 Å². The van der Waals surface area contributed by atoms with E-state index in [0.717, 1.165) is 120 Å². The first-order valence-corrected chi connectivity index (χ1v) is 22.1. The van der Waals surface area contributed by atoms with Crippen LogP contribution in [-0.2, 0) is 26.3 Å². The summed E-state index contributed by atoms with van der Waals surface area (Å²) in [4.78, 5) is 18.8. The number of nitrogens with zero attached hydrogens (tertiary/aromatic N) is 2. The topological polar surface area (TPSA) is 91.3 Å². The molecule has 10 heteroatoms. The van der Waals surface area contributed by atoms with Crippen molar-refractivity contribution in [2.45, 2.75) is 101 Å². The van der Waals surface area contributed by atoms with Crippen LogP contribution >= 0.6 is 11.6 Å². The maximum absolute atomic E-state index is 14.0. The molecular formula is C42H58ClN3O5S. The number of rotatable bonds is 2. The Bertz CT molecular complexity index is 1770. The molecule has 2 saturated heterocycles. The second kappa shape index (κ2) is 14.1. The van der Waals surface area contributed by atoms with Gasteiger partial charge in [-0.15, -0.1) is 0 Å². The fourth-order valence-corrected chi connectivity index (χ4v) is 12.4. The molecule has 1 amide bonds. The molecule has 284 valence electrons. The molecule has 1 unspecified atom stereocenters. The van der Waals surface area contributed by atoms with Crippen molar-refractivity contribution < 1.29 is 23.6 Å². The first-order chi connectivity index (χ1) is 24.9. The van der Waals surface area contributed by atoms with Crippen LogP contribution in [0.5, 0.6) is 5.75 Å². The number of β-amino-alcohol motifs (C(OH)–C–C–N with tert-alkyl or cyclic N) is 1. The van der Waals surface area contributed by atoms with Crippen molar-refractivity contribution in [3.05, 3.63) is 58.1 Å². The van der Waals surface area contributed by atoms with Gasteiger partial charge in [-0.3, -0.25) is 9.52 Å². The number of halogens is 1. The minimum atomic E-state index is -2.94. The number of carbonyl (C=O) groups excluding carboxylic acids is 1. The summed E-state index contributed by atoms with van der Waals surface area (Å²) in [7, 11) is -2.94. The summed E-state index contributed by atoms with van der Waals surface area (Å²) in [6.07, 6.45) is 10.9. The van der Waals surface area contributed by atoms with Crippen LogP contribution in [-0.4, -0.2) is 89.4 Å². The van der Waals surface area contributed by atoms with E-state index in [1.54, 1.807) is 6.07 Å². The lowest BCUT2D eigenvalue weighted by Crippen LogP contribution is -2.58. The van der Waals surface area contributed by atoms with Gasteiger partial charge in [0.25, 0.3) is 5.91 Å². The minimum absolute atomic E-state index is 0.0669. The Balaban J connectivity index is 1.15. The van der Waals surface area contributed by atoms with Crippen LogP contribution in [0.2, 0.25) is 5.02 Å². The molecule has 8 nitrogen and oxygen atoms in total. The molecule has 2 aliphatic carbocycles. The third-order valence-electron chi connectivity index (χ3n) is 14.4. The van der Waals surface area contributed by atoms with E-state index in [4.69, 9.17) is 21.1 Å². The number of ether oxygens (including phenoxy) is 2. The van der Waals surface area contributed by atoms with Gasteiger partial charge in [0.2, 0.25) is 0 Å². The molecule has 4 aliphatic heterocycles. The Kier molecular flexibility index (Phi) is 9.93. The van der Waals surface area contributed by atoms with Gasteiger partial charge in [-0.25, -0.2) is 4.21 Å². The van der Waals surface area contributed by atoms with E-state index in [0.29, 0.717) is 36.5 Å². The zero-order valence-electron chi connectivity index (χ0n) is 31.2. The van der Waals surface area contributed by atoms with Gasteiger partial charge in [-0.2, -0.15) is 0 Å². The van der Waals surface area contributed by atoms with Gasteiger partial charge in [0.1, 0.15) is 5.75 Å². The van der Waals surface area contributed by atoms with Crippen molar-refractivity contribution in [2.75, 3.05) is 57.4 Å². The van der Waals surface area contributed by atoms with Crippen LogP contribution in [0.3, 0.4) is 0 Å². The normalized spacial score (nSPS) is 36.6. The number of amides is 1. The molecule has 2 N–H and O–H groups in total. The number of anilines is 1. The third kappa shape index (κ3) is 6.91. The summed E-state index contributed by atoms with van der Waals surface area (Å²) in [6.45, 7) is 10.6. The quantitative estimate of drug-likeness (QED) is 0.333. The molecule has 2 aromatic rings. The minimum Gasteiger partial charge on any atom is -0.490 e. The van der Waals surface area contributed by atoms with E-state index in [1.165, 1.54) is 11.1 Å². The van der Waals surface area contributed by atoms with Crippen LogP contribution in [0.1, 0.15) is 99.5 Å². The molecule has 0 aromatic heterocycles. The lowest BCUT2D eigenvalue weighted by molar-refractivity contribution is -0.111. The van der Waals surface area contributed by atoms with E-state index in [9.17, 15) is 14.1 Å². The molecular weight excluding hydrogens is 694 g/mol. The number of fused-ring (bicyclic) bond motifs is 4. The summed E-state index contributed by atoms with van der Waals surface area (Å²) in [6, 6.07) is 12.0. The maximum Gasteiger partial charge on any atom is 0.262 e. The van der Waals surface area contributed by atoms with Crippen LogP contribution in [0, 0.1) is 23.2 Å². The lowest BCUT2D eigenvalue weighted by atomic mass is 9.62. The molecule has 4 heterocycles.